The number of amides is 1. The Balaban J connectivity index is 1.36. The molecule has 1 spiro atoms. The molecule has 1 saturated heterocycles. The maximum Gasteiger partial charge on any atom is 0.258 e. The lowest BCUT2D eigenvalue weighted by Gasteiger charge is -2.53. The van der Waals surface area contributed by atoms with Gasteiger partial charge in [-0.15, -0.1) is 0 Å². The van der Waals surface area contributed by atoms with Crippen molar-refractivity contribution in [2.24, 2.45) is 22.7 Å². The fourth-order valence-corrected chi connectivity index (χ4v) is 6.63. The summed E-state index contributed by atoms with van der Waals surface area (Å²) in [5, 5.41) is 3.41. The highest BCUT2D eigenvalue weighted by Gasteiger charge is 2.68. The summed E-state index contributed by atoms with van der Waals surface area (Å²) >= 11 is 0. The van der Waals surface area contributed by atoms with Crippen LogP contribution >= 0.6 is 0 Å². The van der Waals surface area contributed by atoms with Crippen LogP contribution in [0, 0.1) is 22.7 Å². The molecule has 158 valence electrons. The molecule has 4 heteroatoms. The van der Waals surface area contributed by atoms with Gasteiger partial charge in [-0.2, -0.15) is 0 Å². The number of ether oxygens (including phenoxy) is 2. The second-order valence-electron chi connectivity index (χ2n) is 9.85. The van der Waals surface area contributed by atoms with Crippen LogP contribution in [0.2, 0.25) is 0 Å². The summed E-state index contributed by atoms with van der Waals surface area (Å²) in [6, 6.07) is 20.3. The third-order valence-corrected chi connectivity index (χ3v) is 8.05. The van der Waals surface area contributed by atoms with Crippen LogP contribution in [-0.4, -0.2) is 25.2 Å². The fourth-order valence-electron chi connectivity index (χ4n) is 6.63. The zero-order chi connectivity index (χ0) is 20.8. The molecule has 0 aromatic heterocycles. The lowest BCUT2D eigenvalue weighted by Crippen LogP contribution is -2.59. The smallest absolute Gasteiger partial charge is 0.258 e. The topological polar surface area (TPSA) is 47.6 Å². The molecule has 1 heterocycles. The molecule has 2 bridgehead atoms. The first-order valence-electron chi connectivity index (χ1n) is 11.1. The van der Waals surface area contributed by atoms with E-state index in [9.17, 15) is 4.79 Å². The van der Waals surface area contributed by atoms with Gasteiger partial charge in [0.15, 0.2) is 6.61 Å². The Kier molecular flexibility index (Phi) is 4.85. The Morgan fingerprint density at radius 3 is 2.53 bits per heavy atom. The van der Waals surface area contributed by atoms with Gasteiger partial charge in [0, 0.05) is 12.6 Å². The van der Waals surface area contributed by atoms with Crippen LogP contribution in [0.5, 0.6) is 5.75 Å². The van der Waals surface area contributed by atoms with E-state index in [4.69, 9.17) is 9.47 Å². The van der Waals surface area contributed by atoms with Crippen LogP contribution in [0.1, 0.15) is 44.8 Å². The Labute approximate surface area is 179 Å². The van der Waals surface area contributed by atoms with Crippen molar-refractivity contribution in [1.82, 2.24) is 5.32 Å². The summed E-state index contributed by atoms with van der Waals surface area (Å²) < 4.78 is 12.0. The Hall–Kier alpha value is -2.33. The van der Waals surface area contributed by atoms with Crippen molar-refractivity contribution >= 4 is 5.91 Å². The minimum Gasteiger partial charge on any atom is -0.484 e. The molecule has 5 atom stereocenters. The lowest BCUT2D eigenvalue weighted by atomic mass is 9.59. The van der Waals surface area contributed by atoms with Crippen molar-refractivity contribution in [2.45, 2.75) is 45.3 Å². The molecule has 0 radical (unpaired) electrons. The predicted octanol–water partition coefficient (Wildman–Crippen LogP) is 4.76. The van der Waals surface area contributed by atoms with Gasteiger partial charge in [0.1, 0.15) is 5.75 Å². The van der Waals surface area contributed by atoms with Gasteiger partial charge in [0.2, 0.25) is 0 Å². The fraction of sp³-hybridized carbons (Fsp3) is 0.500. The van der Waals surface area contributed by atoms with E-state index in [0.717, 1.165) is 18.8 Å². The van der Waals surface area contributed by atoms with E-state index >= 15 is 0 Å². The zero-order valence-electron chi connectivity index (χ0n) is 17.8. The van der Waals surface area contributed by atoms with E-state index in [1.54, 1.807) is 0 Å². The molecule has 4 nitrogen and oxygen atoms in total. The minimum absolute atomic E-state index is 0.0274. The van der Waals surface area contributed by atoms with Gasteiger partial charge >= 0.3 is 0 Å². The molecule has 2 aromatic carbocycles. The first-order chi connectivity index (χ1) is 14.5. The number of carbonyl (C=O) groups is 1. The first kappa shape index (κ1) is 19.6. The van der Waals surface area contributed by atoms with E-state index in [2.05, 4.69) is 49.5 Å². The van der Waals surface area contributed by atoms with Crippen molar-refractivity contribution in [3.05, 3.63) is 66.2 Å². The highest BCUT2D eigenvalue weighted by atomic mass is 16.5. The SMILES string of the molecule is CC1(C)[C@@H]2C[C@@H]3[C@@H](c4ccccc4)OCCC3(C2)[C@H]1NC(=O)COc1ccccc1. The maximum absolute atomic E-state index is 12.9. The summed E-state index contributed by atoms with van der Waals surface area (Å²) in [5.41, 5.74) is 1.46. The maximum atomic E-state index is 12.9. The number of rotatable bonds is 5. The summed E-state index contributed by atoms with van der Waals surface area (Å²) in [6.07, 6.45) is 3.51. The van der Waals surface area contributed by atoms with E-state index in [1.165, 1.54) is 18.4 Å². The number of hydrogen-bond donors (Lipinski definition) is 1. The van der Waals surface area contributed by atoms with Crippen LogP contribution in [0.4, 0.5) is 0 Å². The number of nitrogens with one attached hydrogen (secondary N) is 1. The molecule has 2 aromatic rings. The van der Waals surface area contributed by atoms with Crippen LogP contribution in [0.25, 0.3) is 0 Å². The van der Waals surface area contributed by atoms with Gasteiger partial charge in [0.05, 0.1) is 6.10 Å². The van der Waals surface area contributed by atoms with Crippen molar-refractivity contribution in [3.8, 4) is 5.75 Å². The predicted molar refractivity (Wildman–Crippen MR) is 116 cm³/mol. The van der Waals surface area contributed by atoms with Crippen LogP contribution < -0.4 is 10.1 Å². The number of fused-ring (bicyclic) bond motifs is 1. The van der Waals surface area contributed by atoms with Crippen molar-refractivity contribution < 1.29 is 14.3 Å². The molecule has 5 rings (SSSR count). The van der Waals surface area contributed by atoms with Gasteiger partial charge in [0.25, 0.3) is 5.91 Å². The highest BCUT2D eigenvalue weighted by molar-refractivity contribution is 5.78. The van der Waals surface area contributed by atoms with Crippen LogP contribution in [0.3, 0.4) is 0 Å². The largest absolute Gasteiger partial charge is 0.484 e. The van der Waals surface area contributed by atoms with Gasteiger partial charge < -0.3 is 14.8 Å². The number of hydrogen-bond acceptors (Lipinski definition) is 3. The molecule has 1 amide bonds. The average molecular weight is 406 g/mol. The Morgan fingerprint density at radius 2 is 1.80 bits per heavy atom. The van der Waals surface area contributed by atoms with E-state index in [-0.39, 0.29) is 35.5 Å². The zero-order valence-corrected chi connectivity index (χ0v) is 17.8. The molecule has 2 aliphatic carbocycles. The third kappa shape index (κ3) is 3.13. The van der Waals surface area contributed by atoms with Crippen molar-refractivity contribution in [1.29, 1.82) is 0 Å². The molecule has 3 aliphatic rings. The number of benzene rings is 2. The monoisotopic (exact) mass is 405 g/mol. The Morgan fingerprint density at radius 1 is 1.10 bits per heavy atom. The van der Waals surface area contributed by atoms with Crippen LogP contribution in [-0.2, 0) is 9.53 Å². The average Bonchev–Trinajstić information content (AvgIpc) is 3.26. The van der Waals surface area contributed by atoms with Crippen molar-refractivity contribution in [3.63, 3.8) is 0 Å². The summed E-state index contributed by atoms with van der Waals surface area (Å²) in [7, 11) is 0. The van der Waals surface area contributed by atoms with E-state index in [0.29, 0.717) is 11.8 Å². The summed E-state index contributed by atoms with van der Waals surface area (Å²) in [6.45, 7) is 5.48. The summed E-state index contributed by atoms with van der Waals surface area (Å²) in [4.78, 5) is 12.9. The highest BCUT2D eigenvalue weighted by Crippen LogP contribution is 2.70. The van der Waals surface area contributed by atoms with Gasteiger partial charge in [-0.1, -0.05) is 62.4 Å². The molecule has 1 aliphatic heterocycles. The lowest BCUT2D eigenvalue weighted by molar-refractivity contribution is -0.138. The quantitative estimate of drug-likeness (QED) is 0.780. The molecule has 1 unspecified atom stereocenters. The van der Waals surface area contributed by atoms with E-state index < -0.39 is 0 Å². The molecule has 2 saturated carbocycles. The van der Waals surface area contributed by atoms with Gasteiger partial charge in [-0.05, 0) is 59.6 Å². The molecular formula is C26H31NO3. The third-order valence-electron chi connectivity index (χ3n) is 8.05. The molecular weight excluding hydrogens is 374 g/mol. The van der Waals surface area contributed by atoms with Crippen molar-refractivity contribution in [2.75, 3.05) is 13.2 Å². The first-order valence-corrected chi connectivity index (χ1v) is 11.1. The second-order valence-corrected chi connectivity index (χ2v) is 9.85. The standard InChI is InChI=1S/C26H31NO3/c1-25(2)19-15-21-23(18-9-5-3-6-10-18)29-14-13-26(21,16-19)24(25)27-22(28)17-30-20-11-7-4-8-12-20/h3-12,19,21,23-24H,13-17H2,1-2H3,(H,27,28)/t19-,21-,23-,24+,26?/m1/s1. The summed E-state index contributed by atoms with van der Waals surface area (Å²) in [5.74, 6) is 1.76. The Bertz CT molecular complexity index is 897. The molecule has 30 heavy (non-hydrogen) atoms. The van der Waals surface area contributed by atoms with Gasteiger partial charge in [-0.3, -0.25) is 4.79 Å². The minimum atomic E-state index is -0.0274. The molecule has 1 N–H and O–H groups in total. The van der Waals surface area contributed by atoms with Gasteiger partial charge in [-0.25, -0.2) is 0 Å². The number of carbonyl (C=O) groups excluding carboxylic acids is 1. The molecule has 3 fully saturated rings. The second kappa shape index (κ2) is 7.42. The normalized spacial score (nSPS) is 33.7. The number of para-hydroxylation sites is 1. The van der Waals surface area contributed by atoms with Crippen LogP contribution in [0.15, 0.2) is 60.7 Å². The van der Waals surface area contributed by atoms with E-state index in [1.807, 2.05) is 30.3 Å².